The van der Waals surface area contributed by atoms with Crippen LogP contribution in [0.15, 0.2) is 40.9 Å². The van der Waals surface area contributed by atoms with Crippen LogP contribution < -0.4 is 0 Å². The summed E-state index contributed by atoms with van der Waals surface area (Å²) in [6.45, 7) is 3.33. The second-order valence-corrected chi connectivity index (χ2v) is 4.43. The fraction of sp³-hybridized carbons (Fsp3) is 0.133. The summed E-state index contributed by atoms with van der Waals surface area (Å²) in [5.74, 6) is -0.00730. The number of rotatable bonds is 2. The lowest BCUT2D eigenvalue weighted by Gasteiger charge is -2.01. The number of carbonyl (C=O) groups excluding carboxylic acids is 1. The summed E-state index contributed by atoms with van der Waals surface area (Å²) in [6.07, 6.45) is 0. The van der Waals surface area contributed by atoms with Gasteiger partial charge in [0.15, 0.2) is 5.78 Å². The molecule has 0 unspecified atom stereocenters. The number of Topliss-reactive ketones (excluding diaryl/α,β-unsaturated/α-hetero) is 1. The Balaban J connectivity index is 2.28. The number of ketones is 1. The molecule has 3 rings (SSSR count). The molecule has 2 aromatic heterocycles. The van der Waals surface area contributed by atoms with E-state index in [-0.39, 0.29) is 5.78 Å². The summed E-state index contributed by atoms with van der Waals surface area (Å²) in [7, 11) is 0. The van der Waals surface area contributed by atoms with Gasteiger partial charge in [0.25, 0.3) is 5.71 Å². The Labute approximate surface area is 110 Å². The first-order valence-corrected chi connectivity index (χ1v) is 6.00. The maximum Gasteiger partial charge on any atom is 0.258 e. The average Bonchev–Trinajstić information content (AvgIpc) is 2.81. The van der Waals surface area contributed by atoms with Crippen LogP contribution in [-0.2, 0) is 0 Å². The summed E-state index contributed by atoms with van der Waals surface area (Å²) >= 11 is 0. The molecular formula is C15H12N2O2. The van der Waals surface area contributed by atoms with Crippen molar-refractivity contribution in [1.29, 1.82) is 0 Å². The minimum Gasteiger partial charge on any atom is -0.335 e. The summed E-state index contributed by atoms with van der Waals surface area (Å²) < 4.78 is 5.25. The Hall–Kier alpha value is -2.49. The Bertz CT molecular complexity index is 760. The third kappa shape index (κ3) is 1.91. The van der Waals surface area contributed by atoms with Crippen LogP contribution in [0.4, 0.5) is 0 Å². The smallest absolute Gasteiger partial charge is 0.258 e. The largest absolute Gasteiger partial charge is 0.335 e. The van der Waals surface area contributed by atoms with E-state index in [2.05, 4.69) is 10.1 Å². The van der Waals surface area contributed by atoms with Gasteiger partial charge in [0.2, 0.25) is 0 Å². The highest BCUT2D eigenvalue weighted by Crippen LogP contribution is 2.28. The zero-order chi connectivity index (χ0) is 13.4. The van der Waals surface area contributed by atoms with Crippen molar-refractivity contribution in [3.8, 4) is 11.3 Å². The molecule has 1 aromatic carbocycles. The van der Waals surface area contributed by atoms with Crippen LogP contribution >= 0.6 is 0 Å². The van der Waals surface area contributed by atoms with Crippen LogP contribution in [0, 0.1) is 6.92 Å². The Morgan fingerprint density at radius 1 is 1.21 bits per heavy atom. The van der Waals surface area contributed by atoms with E-state index in [0.717, 1.165) is 10.9 Å². The van der Waals surface area contributed by atoms with E-state index < -0.39 is 0 Å². The predicted octanol–water partition coefficient (Wildman–Crippen LogP) is 3.40. The van der Waals surface area contributed by atoms with Crippen molar-refractivity contribution < 1.29 is 9.32 Å². The number of aryl methyl sites for hydroxylation is 1. The lowest BCUT2D eigenvalue weighted by molar-refractivity contribution is 0.101. The molecule has 0 radical (unpaired) electrons. The van der Waals surface area contributed by atoms with Gasteiger partial charge in [-0.1, -0.05) is 35.5 Å². The molecule has 0 aliphatic rings. The molecule has 0 atom stereocenters. The van der Waals surface area contributed by atoms with Crippen LogP contribution in [0.1, 0.15) is 23.0 Å². The van der Waals surface area contributed by atoms with E-state index >= 15 is 0 Å². The number of carbonyl (C=O) groups is 1. The second-order valence-electron chi connectivity index (χ2n) is 4.43. The number of hydrogen-bond acceptors (Lipinski definition) is 4. The molecule has 4 heteroatoms. The van der Waals surface area contributed by atoms with E-state index in [1.165, 1.54) is 6.92 Å². The molecule has 0 aliphatic heterocycles. The standard InChI is InChI=1S/C15H12N2O2/c1-9-12(10(2)18)8-13-14(17-19-15(13)16-9)11-6-4-3-5-7-11/h3-8H,1-2H3. The number of fused-ring (bicyclic) bond motifs is 1. The van der Waals surface area contributed by atoms with Crippen LogP contribution in [-0.4, -0.2) is 15.9 Å². The van der Waals surface area contributed by atoms with Crippen LogP contribution in [0.3, 0.4) is 0 Å². The van der Waals surface area contributed by atoms with Gasteiger partial charge in [0, 0.05) is 11.1 Å². The molecule has 19 heavy (non-hydrogen) atoms. The van der Waals surface area contributed by atoms with Gasteiger partial charge >= 0.3 is 0 Å². The van der Waals surface area contributed by atoms with Crippen molar-refractivity contribution in [2.45, 2.75) is 13.8 Å². The van der Waals surface area contributed by atoms with E-state index in [9.17, 15) is 4.79 Å². The Morgan fingerprint density at radius 3 is 2.63 bits per heavy atom. The molecule has 0 spiro atoms. The van der Waals surface area contributed by atoms with Crippen molar-refractivity contribution in [3.05, 3.63) is 47.7 Å². The van der Waals surface area contributed by atoms with Crippen molar-refractivity contribution >= 4 is 16.9 Å². The Morgan fingerprint density at radius 2 is 1.95 bits per heavy atom. The molecule has 4 nitrogen and oxygen atoms in total. The molecule has 0 saturated carbocycles. The predicted molar refractivity (Wildman–Crippen MR) is 72.0 cm³/mol. The zero-order valence-electron chi connectivity index (χ0n) is 10.7. The summed E-state index contributed by atoms with van der Waals surface area (Å²) in [4.78, 5) is 15.9. The highest BCUT2D eigenvalue weighted by molar-refractivity contribution is 6.00. The SMILES string of the molecule is CC(=O)c1cc2c(-c3ccccc3)noc2nc1C. The van der Waals surface area contributed by atoms with Crippen molar-refractivity contribution in [3.63, 3.8) is 0 Å². The van der Waals surface area contributed by atoms with Crippen LogP contribution in [0.2, 0.25) is 0 Å². The van der Waals surface area contributed by atoms with Gasteiger partial charge in [-0.2, -0.15) is 0 Å². The quantitative estimate of drug-likeness (QED) is 0.656. The number of pyridine rings is 1. The van der Waals surface area contributed by atoms with Crippen LogP contribution in [0.25, 0.3) is 22.4 Å². The summed E-state index contributed by atoms with van der Waals surface area (Å²) in [6, 6.07) is 11.5. The first kappa shape index (κ1) is 11.6. The van der Waals surface area contributed by atoms with Gasteiger partial charge in [-0.15, -0.1) is 0 Å². The van der Waals surface area contributed by atoms with Crippen molar-refractivity contribution in [2.24, 2.45) is 0 Å². The second kappa shape index (κ2) is 4.31. The summed E-state index contributed by atoms with van der Waals surface area (Å²) in [5, 5.41) is 4.82. The first-order valence-electron chi connectivity index (χ1n) is 6.00. The topological polar surface area (TPSA) is 56.0 Å². The highest BCUT2D eigenvalue weighted by Gasteiger charge is 2.15. The van der Waals surface area contributed by atoms with Gasteiger partial charge in [0.05, 0.1) is 11.1 Å². The number of benzene rings is 1. The van der Waals surface area contributed by atoms with Gasteiger partial charge < -0.3 is 4.52 Å². The fourth-order valence-corrected chi connectivity index (χ4v) is 2.12. The van der Waals surface area contributed by atoms with E-state index in [4.69, 9.17) is 4.52 Å². The number of aromatic nitrogens is 2. The molecular weight excluding hydrogens is 240 g/mol. The van der Waals surface area contributed by atoms with Gasteiger partial charge in [-0.05, 0) is 19.9 Å². The van der Waals surface area contributed by atoms with Gasteiger partial charge in [-0.25, -0.2) is 4.98 Å². The van der Waals surface area contributed by atoms with E-state index in [1.54, 1.807) is 13.0 Å². The third-order valence-corrected chi connectivity index (χ3v) is 3.08. The molecule has 2 heterocycles. The third-order valence-electron chi connectivity index (χ3n) is 3.08. The molecule has 0 saturated heterocycles. The average molecular weight is 252 g/mol. The van der Waals surface area contributed by atoms with Gasteiger partial charge in [0.1, 0.15) is 5.69 Å². The van der Waals surface area contributed by atoms with Crippen molar-refractivity contribution in [2.75, 3.05) is 0 Å². The minimum atomic E-state index is -0.00730. The molecule has 0 fully saturated rings. The maximum absolute atomic E-state index is 11.6. The zero-order valence-corrected chi connectivity index (χ0v) is 10.7. The molecule has 0 aliphatic carbocycles. The molecule has 0 N–H and O–H groups in total. The van der Waals surface area contributed by atoms with Crippen LogP contribution in [0.5, 0.6) is 0 Å². The maximum atomic E-state index is 11.6. The van der Waals surface area contributed by atoms with Gasteiger partial charge in [-0.3, -0.25) is 4.79 Å². The minimum absolute atomic E-state index is 0.00730. The lowest BCUT2D eigenvalue weighted by atomic mass is 10.1. The molecule has 94 valence electrons. The molecule has 0 bridgehead atoms. The number of hydrogen-bond donors (Lipinski definition) is 0. The fourth-order valence-electron chi connectivity index (χ4n) is 2.12. The summed E-state index contributed by atoms with van der Waals surface area (Å²) in [5.41, 5.74) is 3.39. The molecule has 0 amide bonds. The normalized spacial score (nSPS) is 10.8. The van der Waals surface area contributed by atoms with Crippen molar-refractivity contribution in [1.82, 2.24) is 10.1 Å². The lowest BCUT2D eigenvalue weighted by Crippen LogP contribution is -1.98. The molecule has 3 aromatic rings. The van der Waals surface area contributed by atoms with E-state index in [0.29, 0.717) is 22.7 Å². The number of nitrogens with zero attached hydrogens (tertiary/aromatic N) is 2. The Kier molecular flexibility index (Phi) is 2.63. The first-order chi connectivity index (χ1) is 9.16. The van der Waals surface area contributed by atoms with E-state index in [1.807, 2.05) is 30.3 Å². The monoisotopic (exact) mass is 252 g/mol. The highest BCUT2D eigenvalue weighted by atomic mass is 16.5.